The lowest BCUT2D eigenvalue weighted by Gasteiger charge is -2.19. The molecule has 1 aromatic heterocycles. The maximum Gasteiger partial charge on any atom is 0.220 e. The lowest BCUT2D eigenvalue weighted by molar-refractivity contribution is -0.121. The Balaban J connectivity index is 2.27. The van der Waals surface area contributed by atoms with Gasteiger partial charge in [-0.05, 0) is 38.1 Å². The van der Waals surface area contributed by atoms with Crippen molar-refractivity contribution >= 4 is 17.2 Å². The summed E-state index contributed by atoms with van der Waals surface area (Å²) in [6.45, 7) is 7.58. The SMILES string of the molecule is Cc1csc(CNC(=O)CCC(CCN)C(C)C)n1. The van der Waals surface area contributed by atoms with Crippen LogP contribution in [0.2, 0.25) is 0 Å². The van der Waals surface area contributed by atoms with E-state index in [4.69, 9.17) is 5.73 Å². The standard InChI is InChI=1S/C14H25N3OS/c1-10(2)12(6-7-15)4-5-13(18)16-8-14-17-11(3)9-19-14/h9-10,12H,4-8,15H2,1-3H3,(H,16,18). The normalized spacial score (nSPS) is 12.7. The van der Waals surface area contributed by atoms with Crippen molar-refractivity contribution in [1.29, 1.82) is 0 Å². The van der Waals surface area contributed by atoms with Gasteiger partial charge in [-0.3, -0.25) is 4.79 Å². The Labute approximate surface area is 119 Å². The van der Waals surface area contributed by atoms with Gasteiger partial charge in [0.05, 0.1) is 6.54 Å². The van der Waals surface area contributed by atoms with E-state index in [0.29, 0.717) is 31.3 Å². The first kappa shape index (κ1) is 16.1. The zero-order valence-electron chi connectivity index (χ0n) is 12.1. The van der Waals surface area contributed by atoms with Gasteiger partial charge in [-0.25, -0.2) is 4.98 Å². The number of aryl methyl sites for hydroxylation is 1. The van der Waals surface area contributed by atoms with Crippen LogP contribution in [0.5, 0.6) is 0 Å². The van der Waals surface area contributed by atoms with Crippen LogP contribution in [0.15, 0.2) is 5.38 Å². The van der Waals surface area contributed by atoms with Gasteiger partial charge in [-0.1, -0.05) is 13.8 Å². The maximum absolute atomic E-state index is 11.8. The monoisotopic (exact) mass is 283 g/mol. The number of carbonyl (C=O) groups is 1. The third-order valence-corrected chi connectivity index (χ3v) is 4.29. The molecule has 0 aromatic carbocycles. The predicted molar refractivity (Wildman–Crippen MR) is 79.9 cm³/mol. The molecular weight excluding hydrogens is 258 g/mol. The van der Waals surface area contributed by atoms with Gasteiger partial charge in [0.1, 0.15) is 5.01 Å². The Kier molecular flexibility index (Phi) is 7.02. The molecule has 0 bridgehead atoms. The lowest BCUT2D eigenvalue weighted by Crippen LogP contribution is -2.24. The quantitative estimate of drug-likeness (QED) is 0.770. The summed E-state index contributed by atoms with van der Waals surface area (Å²) in [6, 6.07) is 0. The summed E-state index contributed by atoms with van der Waals surface area (Å²) in [6.07, 6.45) is 2.49. The van der Waals surface area contributed by atoms with Gasteiger partial charge in [-0.2, -0.15) is 0 Å². The van der Waals surface area contributed by atoms with E-state index in [0.717, 1.165) is 23.5 Å². The van der Waals surface area contributed by atoms with Crippen LogP contribution < -0.4 is 11.1 Å². The average molecular weight is 283 g/mol. The summed E-state index contributed by atoms with van der Waals surface area (Å²) >= 11 is 1.59. The molecule has 0 aliphatic carbocycles. The lowest BCUT2D eigenvalue weighted by atomic mass is 9.88. The van der Waals surface area contributed by atoms with E-state index in [1.165, 1.54) is 0 Å². The smallest absolute Gasteiger partial charge is 0.220 e. The molecule has 0 radical (unpaired) electrons. The molecule has 1 heterocycles. The van der Waals surface area contributed by atoms with Crippen LogP contribution in [0.4, 0.5) is 0 Å². The second kappa shape index (κ2) is 8.27. The van der Waals surface area contributed by atoms with Gasteiger partial charge in [0.2, 0.25) is 5.91 Å². The number of carbonyl (C=O) groups excluding carboxylic acids is 1. The van der Waals surface area contributed by atoms with Crippen LogP contribution in [0.1, 0.15) is 43.8 Å². The first-order valence-electron chi connectivity index (χ1n) is 6.90. The highest BCUT2D eigenvalue weighted by Crippen LogP contribution is 2.20. The maximum atomic E-state index is 11.8. The highest BCUT2D eigenvalue weighted by molar-refractivity contribution is 7.09. The van der Waals surface area contributed by atoms with Crippen molar-refractivity contribution < 1.29 is 4.79 Å². The van der Waals surface area contributed by atoms with Crippen molar-refractivity contribution in [2.45, 2.75) is 46.6 Å². The van der Waals surface area contributed by atoms with Crippen LogP contribution >= 0.6 is 11.3 Å². The molecule has 0 aliphatic rings. The number of rotatable bonds is 8. The Morgan fingerprint density at radius 2 is 2.21 bits per heavy atom. The second-order valence-electron chi connectivity index (χ2n) is 5.28. The van der Waals surface area contributed by atoms with Crippen LogP contribution in [-0.2, 0) is 11.3 Å². The van der Waals surface area contributed by atoms with Gasteiger partial charge >= 0.3 is 0 Å². The molecule has 0 fully saturated rings. The van der Waals surface area contributed by atoms with Crippen molar-refractivity contribution in [3.05, 3.63) is 16.1 Å². The van der Waals surface area contributed by atoms with Crippen molar-refractivity contribution in [2.75, 3.05) is 6.54 Å². The van der Waals surface area contributed by atoms with E-state index in [-0.39, 0.29) is 5.91 Å². The van der Waals surface area contributed by atoms with Gasteiger partial charge in [-0.15, -0.1) is 11.3 Å². The number of nitrogens with two attached hydrogens (primary N) is 1. The minimum Gasteiger partial charge on any atom is -0.350 e. The molecule has 0 saturated carbocycles. The minimum absolute atomic E-state index is 0.107. The van der Waals surface area contributed by atoms with E-state index in [1.807, 2.05) is 12.3 Å². The number of aromatic nitrogens is 1. The van der Waals surface area contributed by atoms with E-state index >= 15 is 0 Å². The number of amides is 1. The molecule has 1 amide bonds. The fourth-order valence-electron chi connectivity index (χ4n) is 2.09. The number of thiazole rings is 1. The average Bonchev–Trinajstić information content (AvgIpc) is 2.77. The third-order valence-electron chi connectivity index (χ3n) is 3.33. The van der Waals surface area contributed by atoms with Gasteiger partial charge in [0, 0.05) is 17.5 Å². The molecule has 0 saturated heterocycles. The van der Waals surface area contributed by atoms with E-state index in [9.17, 15) is 4.79 Å². The molecule has 1 atom stereocenters. The van der Waals surface area contributed by atoms with E-state index in [1.54, 1.807) is 11.3 Å². The summed E-state index contributed by atoms with van der Waals surface area (Å²) < 4.78 is 0. The van der Waals surface area contributed by atoms with E-state index in [2.05, 4.69) is 24.1 Å². The fraction of sp³-hybridized carbons (Fsp3) is 0.714. The zero-order valence-corrected chi connectivity index (χ0v) is 12.9. The number of nitrogens with zero attached hydrogens (tertiary/aromatic N) is 1. The largest absolute Gasteiger partial charge is 0.350 e. The van der Waals surface area contributed by atoms with Crippen LogP contribution in [0.25, 0.3) is 0 Å². The number of hydrogen-bond donors (Lipinski definition) is 2. The number of nitrogens with one attached hydrogen (secondary N) is 1. The van der Waals surface area contributed by atoms with Crippen molar-refractivity contribution in [3.8, 4) is 0 Å². The molecule has 1 aromatic rings. The van der Waals surface area contributed by atoms with Gasteiger partial charge in [0.25, 0.3) is 0 Å². The summed E-state index contributed by atoms with van der Waals surface area (Å²) in [4.78, 5) is 16.1. The van der Waals surface area contributed by atoms with Crippen molar-refractivity contribution in [1.82, 2.24) is 10.3 Å². The Morgan fingerprint density at radius 1 is 1.47 bits per heavy atom. The summed E-state index contributed by atoms with van der Waals surface area (Å²) in [5.41, 5.74) is 6.61. The molecule has 1 unspecified atom stereocenters. The summed E-state index contributed by atoms with van der Waals surface area (Å²) in [5, 5.41) is 5.89. The predicted octanol–water partition coefficient (Wildman–Crippen LogP) is 2.47. The molecule has 4 nitrogen and oxygen atoms in total. The van der Waals surface area contributed by atoms with Crippen LogP contribution in [0, 0.1) is 18.8 Å². The molecule has 0 spiro atoms. The van der Waals surface area contributed by atoms with Crippen LogP contribution in [0.3, 0.4) is 0 Å². The molecule has 3 N–H and O–H groups in total. The first-order valence-corrected chi connectivity index (χ1v) is 7.78. The minimum atomic E-state index is 0.107. The second-order valence-corrected chi connectivity index (χ2v) is 6.22. The Bertz CT molecular complexity index is 390. The van der Waals surface area contributed by atoms with E-state index < -0.39 is 0 Å². The summed E-state index contributed by atoms with van der Waals surface area (Å²) in [7, 11) is 0. The Morgan fingerprint density at radius 3 is 2.74 bits per heavy atom. The summed E-state index contributed by atoms with van der Waals surface area (Å²) in [5.74, 6) is 1.23. The van der Waals surface area contributed by atoms with Crippen molar-refractivity contribution in [2.24, 2.45) is 17.6 Å². The number of hydrogen-bond acceptors (Lipinski definition) is 4. The van der Waals surface area contributed by atoms with Crippen LogP contribution in [-0.4, -0.2) is 17.4 Å². The molecule has 19 heavy (non-hydrogen) atoms. The highest BCUT2D eigenvalue weighted by Gasteiger charge is 2.14. The molecule has 5 heteroatoms. The molecule has 0 aliphatic heterocycles. The molecule has 108 valence electrons. The topological polar surface area (TPSA) is 68.0 Å². The van der Waals surface area contributed by atoms with Crippen molar-refractivity contribution in [3.63, 3.8) is 0 Å². The first-order chi connectivity index (χ1) is 9.02. The molecular formula is C14H25N3OS. The third kappa shape index (κ3) is 6.16. The fourth-order valence-corrected chi connectivity index (χ4v) is 2.80. The van der Waals surface area contributed by atoms with Gasteiger partial charge in [0.15, 0.2) is 0 Å². The molecule has 1 rings (SSSR count). The highest BCUT2D eigenvalue weighted by atomic mass is 32.1. The zero-order chi connectivity index (χ0) is 14.3. The Hall–Kier alpha value is -0.940. The van der Waals surface area contributed by atoms with Gasteiger partial charge < -0.3 is 11.1 Å².